The van der Waals surface area contributed by atoms with Crippen LogP contribution in [0.2, 0.25) is 0 Å². The first-order valence-corrected chi connectivity index (χ1v) is 4.56. The fraction of sp³-hybridized carbons (Fsp3) is 0.300. The van der Waals surface area contributed by atoms with E-state index >= 15 is 0 Å². The number of aryl methyl sites for hydroxylation is 1. The molecule has 0 saturated heterocycles. The number of fused-ring (bicyclic) bond motifs is 1. The minimum Gasteiger partial charge on any atom is -0.241 e. The highest BCUT2D eigenvalue weighted by molar-refractivity contribution is 5.55. The molecule has 80 valence electrons. The average Bonchev–Trinajstić information content (AvgIpc) is 2.57. The maximum Gasteiger partial charge on any atom is 0.416 e. The van der Waals surface area contributed by atoms with E-state index in [1.54, 1.807) is 6.20 Å². The second-order valence-corrected chi connectivity index (χ2v) is 3.27. The molecule has 2 nitrogen and oxygen atoms in total. The summed E-state index contributed by atoms with van der Waals surface area (Å²) in [6.45, 7) is 1.89. The predicted molar refractivity (Wildman–Crippen MR) is 49.6 cm³/mol. The van der Waals surface area contributed by atoms with Crippen molar-refractivity contribution in [3.8, 4) is 0 Å². The number of halogens is 3. The summed E-state index contributed by atoms with van der Waals surface area (Å²) in [5.74, 6) is 0. The first-order valence-electron chi connectivity index (χ1n) is 4.56. The van der Waals surface area contributed by atoms with E-state index in [2.05, 4.69) is 5.10 Å². The van der Waals surface area contributed by atoms with Crippen LogP contribution in [0, 0.1) is 0 Å². The van der Waals surface area contributed by atoms with Gasteiger partial charge in [-0.05, 0) is 24.1 Å². The molecule has 0 aliphatic carbocycles. The molecule has 0 aromatic carbocycles. The van der Waals surface area contributed by atoms with Gasteiger partial charge in [0.05, 0.1) is 17.3 Å². The lowest BCUT2D eigenvalue weighted by atomic mass is 10.1. The molecule has 0 fully saturated rings. The minimum atomic E-state index is -4.29. The second kappa shape index (κ2) is 3.25. The Bertz CT molecular complexity index is 485. The lowest BCUT2D eigenvalue weighted by Gasteiger charge is -2.06. The molecule has 0 amide bonds. The normalized spacial score (nSPS) is 12.3. The fourth-order valence-electron chi connectivity index (χ4n) is 1.48. The highest BCUT2D eigenvalue weighted by atomic mass is 19.4. The summed E-state index contributed by atoms with van der Waals surface area (Å²) in [4.78, 5) is 0. The quantitative estimate of drug-likeness (QED) is 0.713. The van der Waals surface area contributed by atoms with Gasteiger partial charge < -0.3 is 0 Å². The van der Waals surface area contributed by atoms with Crippen LogP contribution in [0.5, 0.6) is 0 Å². The van der Waals surface area contributed by atoms with Gasteiger partial charge >= 0.3 is 6.18 Å². The number of aromatic nitrogens is 2. The van der Waals surface area contributed by atoms with Gasteiger partial charge in [0.2, 0.25) is 0 Å². The summed E-state index contributed by atoms with van der Waals surface area (Å²) in [5.41, 5.74) is 0.707. The number of rotatable bonds is 1. The van der Waals surface area contributed by atoms with Crippen molar-refractivity contribution in [2.75, 3.05) is 0 Å². The number of pyridine rings is 1. The second-order valence-electron chi connectivity index (χ2n) is 3.27. The van der Waals surface area contributed by atoms with Crippen LogP contribution in [0.15, 0.2) is 24.5 Å². The molecule has 2 rings (SSSR count). The van der Waals surface area contributed by atoms with Crippen LogP contribution >= 0.6 is 0 Å². The molecule has 0 unspecified atom stereocenters. The van der Waals surface area contributed by atoms with E-state index in [0.717, 1.165) is 17.7 Å². The zero-order valence-corrected chi connectivity index (χ0v) is 8.04. The molecule has 5 heteroatoms. The first kappa shape index (κ1) is 10.0. The van der Waals surface area contributed by atoms with Crippen LogP contribution < -0.4 is 0 Å². The van der Waals surface area contributed by atoms with E-state index in [-0.39, 0.29) is 0 Å². The van der Waals surface area contributed by atoms with E-state index in [9.17, 15) is 13.2 Å². The van der Waals surface area contributed by atoms with Gasteiger partial charge in [-0.3, -0.25) is 0 Å². The summed E-state index contributed by atoms with van der Waals surface area (Å²) in [6, 6.07) is 2.16. The topological polar surface area (TPSA) is 17.3 Å². The van der Waals surface area contributed by atoms with Crippen molar-refractivity contribution < 1.29 is 13.2 Å². The Hall–Kier alpha value is -1.52. The zero-order valence-electron chi connectivity index (χ0n) is 8.04. The van der Waals surface area contributed by atoms with Gasteiger partial charge in [-0.15, -0.1) is 0 Å². The summed E-state index contributed by atoms with van der Waals surface area (Å²) in [5, 5.41) is 3.96. The molecule has 0 N–H and O–H groups in total. The lowest BCUT2D eigenvalue weighted by molar-refractivity contribution is -0.137. The fourth-order valence-corrected chi connectivity index (χ4v) is 1.48. The smallest absolute Gasteiger partial charge is 0.241 e. The maximum absolute atomic E-state index is 12.4. The number of hydrogen-bond acceptors (Lipinski definition) is 1. The van der Waals surface area contributed by atoms with Gasteiger partial charge in [0.15, 0.2) is 0 Å². The van der Waals surface area contributed by atoms with Crippen LogP contribution in [-0.2, 0) is 12.6 Å². The van der Waals surface area contributed by atoms with E-state index in [1.807, 2.05) is 6.92 Å². The number of hydrogen-bond donors (Lipinski definition) is 0. The molecule has 2 aromatic heterocycles. The van der Waals surface area contributed by atoms with Gasteiger partial charge in [-0.2, -0.15) is 18.3 Å². The molecule has 2 heterocycles. The Morgan fingerprint density at radius 2 is 2.13 bits per heavy atom. The van der Waals surface area contributed by atoms with E-state index < -0.39 is 11.7 Å². The average molecular weight is 214 g/mol. The highest BCUT2D eigenvalue weighted by Gasteiger charge is 2.30. The molecule has 0 bridgehead atoms. The molecule has 0 aliphatic heterocycles. The third-order valence-corrected chi connectivity index (χ3v) is 2.31. The molecule has 2 aromatic rings. The summed E-state index contributed by atoms with van der Waals surface area (Å²) in [6.07, 6.45) is -0.700. The molecule has 0 saturated carbocycles. The lowest BCUT2D eigenvalue weighted by Crippen LogP contribution is -2.05. The third kappa shape index (κ3) is 1.69. The van der Waals surface area contributed by atoms with Crippen LogP contribution in [-0.4, -0.2) is 9.61 Å². The van der Waals surface area contributed by atoms with Crippen molar-refractivity contribution >= 4 is 5.52 Å². The Morgan fingerprint density at radius 1 is 1.40 bits per heavy atom. The molecule has 0 radical (unpaired) electrons. The molecular formula is C10H9F3N2. The Balaban J connectivity index is 2.63. The van der Waals surface area contributed by atoms with Crippen molar-refractivity contribution in [1.82, 2.24) is 9.61 Å². The Labute approximate surface area is 84.3 Å². The highest BCUT2D eigenvalue weighted by Crippen LogP contribution is 2.30. The largest absolute Gasteiger partial charge is 0.416 e. The summed E-state index contributed by atoms with van der Waals surface area (Å²) in [7, 11) is 0. The van der Waals surface area contributed by atoms with Crippen LogP contribution in [0.1, 0.15) is 18.1 Å². The van der Waals surface area contributed by atoms with Crippen molar-refractivity contribution in [3.63, 3.8) is 0 Å². The van der Waals surface area contributed by atoms with Gasteiger partial charge in [0.1, 0.15) is 0 Å². The predicted octanol–water partition coefficient (Wildman–Crippen LogP) is 2.92. The standard InChI is InChI=1S/C10H9F3N2/c1-2-7-6-14-15-4-3-8(5-9(7)15)10(11,12)13/h3-6H,2H2,1H3. The van der Waals surface area contributed by atoms with Gasteiger partial charge in [0, 0.05) is 6.20 Å². The van der Waals surface area contributed by atoms with Crippen LogP contribution in [0.4, 0.5) is 13.2 Å². The molecule has 0 aliphatic rings. The van der Waals surface area contributed by atoms with Crippen molar-refractivity contribution in [2.24, 2.45) is 0 Å². The Kier molecular flexibility index (Phi) is 2.17. The summed E-state index contributed by atoms with van der Waals surface area (Å²) < 4.78 is 38.7. The molecule has 15 heavy (non-hydrogen) atoms. The van der Waals surface area contributed by atoms with Gasteiger partial charge in [0.25, 0.3) is 0 Å². The monoisotopic (exact) mass is 214 g/mol. The Morgan fingerprint density at radius 3 is 2.73 bits per heavy atom. The SMILES string of the molecule is CCc1cnn2ccc(C(F)(F)F)cc12. The van der Waals surface area contributed by atoms with Gasteiger partial charge in [-0.25, -0.2) is 4.52 Å². The first-order chi connectivity index (χ1) is 7.02. The van der Waals surface area contributed by atoms with Gasteiger partial charge in [-0.1, -0.05) is 6.92 Å². The molecule has 0 atom stereocenters. The van der Waals surface area contributed by atoms with Crippen LogP contribution in [0.25, 0.3) is 5.52 Å². The van der Waals surface area contributed by atoms with Crippen molar-refractivity contribution in [1.29, 1.82) is 0 Å². The minimum absolute atomic E-state index is 0.521. The van der Waals surface area contributed by atoms with Crippen molar-refractivity contribution in [2.45, 2.75) is 19.5 Å². The molecule has 0 spiro atoms. The van der Waals surface area contributed by atoms with E-state index in [1.165, 1.54) is 10.7 Å². The number of alkyl halides is 3. The molecular weight excluding hydrogens is 205 g/mol. The number of nitrogens with zero attached hydrogens (tertiary/aromatic N) is 2. The maximum atomic E-state index is 12.4. The third-order valence-electron chi connectivity index (χ3n) is 2.31. The summed E-state index contributed by atoms with van der Waals surface area (Å²) >= 11 is 0. The van der Waals surface area contributed by atoms with E-state index in [0.29, 0.717) is 11.9 Å². The zero-order chi connectivity index (χ0) is 11.1. The van der Waals surface area contributed by atoms with Crippen molar-refractivity contribution in [3.05, 3.63) is 35.7 Å². The van der Waals surface area contributed by atoms with Crippen LogP contribution in [0.3, 0.4) is 0 Å². The van der Waals surface area contributed by atoms with E-state index in [4.69, 9.17) is 0 Å².